The number of hydrogen-bond acceptors (Lipinski definition) is 4. The number of hydrogen-bond donors (Lipinski definition) is 2. The molecule has 2 N–H and O–H groups in total. The minimum Gasteiger partial charge on any atom is -0.322 e. The molecule has 0 aliphatic rings. The number of benzene rings is 2. The molecule has 0 bridgehead atoms. The third kappa shape index (κ3) is 4.50. The van der Waals surface area contributed by atoms with Crippen LogP contribution in [0, 0.1) is 0 Å². The topological polar surface area (TPSA) is 83.6 Å². The number of amides is 1. The molecule has 0 saturated carbocycles. The zero-order valence-electron chi connectivity index (χ0n) is 14.2. The Morgan fingerprint density at radius 1 is 1.04 bits per heavy atom. The van der Waals surface area contributed by atoms with Gasteiger partial charge in [0.05, 0.1) is 0 Å². The van der Waals surface area contributed by atoms with Gasteiger partial charge in [0.2, 0.25) is 5.82 Å². The Hall–Kier alpha value is -3.02. The maximum atomic E-state index is 12.3. The first-order valence-electron chi connectivity index (χ1n) is 8.50. The van der Waals surface area contributed by atoms with E-state index in [1.165, 1.54) is 24.8 Å². The third-order valence-corrected chi connectivity index (χ3v) is 4.03. The summed E-state index contributed by atoms with van der Waals surface area (Å²) in [5, 5.41) is 16.7. The van der Waals surface area contributed by atoms with E-state index in [2.05, 4.69) is 45.0 Å². The number of unbranched alkanes of at least 4 members (excludes halogenated alkanes) is 2. The third-order valence-electron chi connectivity index (χ3n) is 4.03. The Labute approximate surface area is 146 Å². The van der Waals surface area contributed by atoms with Gasteiger partial charge in [-0.15, -0.1) is 10.2 Å². The Morgan fingerprint density at radius 3 is 2.44 bits per heavy atom. The fourth-order valence-electron chi connectivity index (χ4n) is 2.59. The van der Waals surface area contributed by atoms with Gasteiger partial charge in [-0.25, -0.2) is 0 Å². The summed E-state index contributed by atoms with van der Waals surface area (Å²) in [5.41, 5.74) is 3.49. The number of rotatable bonds is 7. The molecule has 128 valence electrons. The molecule has 3 rings (SSSR count). The predicted octanol–water partition coefficient (Wildman–Crippen LogP) is 3.85. The average Bonchev–Trinajstić information content (AvgIpc) is 3.18. The molecule has 6 heteroatoms. The number of carbonyl (C=O) groups is 1. The van der Waals surface area contributed by atoms with Crippen molar-refractivity contribution in [1.29, 1.82) is 0 Å². The molecule has 6 nitrogen and oxygen atoms in total. The Morgan fingerprint density at radius 2 is 1.80 bits per heavy atom. The van der Waals surface area contributed by atoms with Crippen molar-refractivity contribution in [2.45, 2.75) is 32.6 Å². The summed E-state index contributed by atoms with van der Waals surface area (Å²) in [5.74, 6) is 0.365. The molecule has 0 aliphatic carbocycles. The summed E-state index contributed by atoms with van der Waals surface area (Å²) in [7, 11) is 0. The molecule has 3 aromatic rings. The Bertz CT molecular complexity index is 795. The Kier molecular flexibility index (Phi) is 5.51. The smallest absolute Gasteiger partial charge is 0.255 e. The van der Waals surface area contributed by atoms with E-state index in [0.29, 0.717) is 11.4 Å². The zero-order valence-corrected chi connectivity index (χ0v) is 14.2. The quantitative estimate of drug-likeness (QED) is 0.642. The van der Waals surface area contributed by atoms with Gasteiger partial charge in [0.25, 0.3) is 5.91 Å². The van der Waals surface area contributed by atoms with Crippen molar-refractivity contribution in [3.05, 3.63) is 59.7 Å². The van der Waals surface area contributed by atoms with Gasteiger partial charge in [-0.2, -0.15) is 5.21 Å². The van der Waals surface area contributed by atoms with Crippen LogP contribution in [0.1, 0.15) is 42.1 Å². The van der Waals surface area contributed by atoms with E-state index >= 15 is 0 Å². The van der Waals surface area contributed by atoms with Crippen LogP contribution in [0.15, 0.2) is 48.5 Å². The van der Waals surface area contributed by atoms with Crippen molar-refractivity contribution in [3.63, 3.8) is 0 Å². The van der Waals surface area contributed by atoms with Gasteiger partial charge in [-0.1, -0.05) is 44.0 Å². The monoisotopic (exact) mass is 335 g/mol. The lowest BCUT2D eigenvalue weighted by Crippen LogP contribution is -2.11. The second-order valence-corrected chi connectivity index (χ2v) is 5.92. The summed E-state index contributed by atoms with van der Waals surface area (Å²) in [6, 6.07) is 15.2. The van der Waals surface area contributed by atoms with Crippen LogP contribution < -0.4 is 5.32 Å². The van der Waals surface area contributed by atoms with Gasteiger partial charge in [0.1, 0.15) is 0 Å². The van der Waals surface area contributed by atoms with Crippen LogP contribution in [0.5, 0.6) is 0 Å². The maximum absolute atomic E-state index is 12.3. The van der Waals surface area contributed by atoms with E-state index < -0.39 is 0 Å². The van der Waals surface area contributed by atoms with Crippen molar-refractivity contribution >= 4 is 11.6 Å². The summed E-state index contributed by atoms with van der Waals surface area (Å²) >= 11 is 0. The summed E-state index contributed by atoms with van der Waals surface area (Å²) in [6.45, 7) is 2.20. The van der Waals surface area contributed by atoms with Crippen LogP contribution in [-0.2, 0) is 6.42 Å². The number of nitrogens with zero attached hydrogens (tertiary/aromatic N) is 3. The van der Waals surface area contributed by atoms with Crippen molar-refractivity contribution in [3.8, 4) is 11.4 Å². The van der Waals surface area contributed by atoms with Crippen LogP contribution in [-0.4, -0.2) is 26.5 Å². The molecule has 0 radical (unpaired) electrons. The molecule has 2 aromatic carbocycles. The molecule has 0 aliphatic heterocycles. The number of H-pyrrole nitrogens is 1. The molecule has 0 spiro atoms. The fraction of sp³-hybridized carbons (Fsp3) is 0.263. The second-order valence-electron chi connectivity index (χ2n) is 5.92. The van der Waals surface area contributed by atoms with Gasteiger partial charge in [0, 0.05) is 16.8 Å². The summed E-state index contributed by atoms with van der Waals surface area (Å²) in [6.07, 6.45) is 4.76. The highest BCUT2D eigenvalue weighted by Crippen LogP contribution is 2.16. The molecule has 1 aromatic heterocycles. The van der Waals surface area contributed by atoms with Crippen molar-refractivity contribution in [2.24, 2.45) is 0 Å². The highest BCUT2D eigenvalue weighted by molar-refractivity contribution is 6.04. The lowest BCUT2D eigenvalue weighted by atomic mass is 10.1. The minimum absolute atomic E-state index is 0.140. The number of anilines is 1. The number of tetrazole rings is 1. The highest BCUT2D eigenvalue weighted by atomic mass is 16.1. The van der Waals surface area contributed by atoms with Crippen LogP contribution in [0.2, 0.25) is 0 Å². The van der Waals surface area contributed by atoms with Crippen molar-refractivity contribution < 1.29 is 4.79 Å². The van der Waals surface area contributed by atoms with E-state index in [1.54, 1.807) is 24.3 Å². The van der Waals surface area contributed by atoms with Gasteiger partial charge in [-0.05, 0) is 47.9 Å². The molecule has 0 saturated heterocycles. The van der Waals surface area contributed by atoms with Crippen LogP contribution in [0.4, 0.5) is 5.69 Å². The van der Waals surface area contributed by atoms with E-state index in [9.17, 15) is 4.79 Å². The van der Waals surface area contributed by atoms with E-state index in [4.69, 9.17) is 0 Å². The first-order valence-corrected chi connectivity index (χ1v) is 8.50. The Balaban J connectivity index is 1.60. The first-order chi connectivity index (χ1) is 12.3. The van der Waals surface area contributed by atoms with Crippen LogP contribution >= 0.6 is 0 Å². The van der Waals surface area contributed by atoms with Crippen molar-refractivity contribution in [2.75, 3.05) is 5.32 Å². The molecular formula is C19H21N5O. The van der Waals surface area contributed by atoms with Gasteiger partial charge < -0.3 is 5.32 Å². The molecule has 0 fully saturated rings. The first kappa shape index (κ1) is 16.8. The standard InChI is InChI=1S/C19H21N5O/c1-2-3-4-5-14-6-12-17(13-7-14)20-19(25)16-10-8-15(9-11-16)18-21-23-24-22-18/h6-13H,2-5H2,1H3,(H,20,25)(H,21,22,23,24). The molecule has 25 heavy (non-hydrogen) atoms. The normalized spacial score (nSPS) is 10.6. The second kappa shape index (κ2) is 8.19. The SMILES string of the molecule is CCCCCc1ccc(NC(=O)c2ccc(-c3nn[nH]n3)cc2)cc1. The van der Waals surface area contributed by atoms with Gasteiger partial charge >= 0.3 is 0 Å². The highest BCUT2D eigenvalue weighted by Gasteiger charge is 2.08. The maximum Gasteiger partial charge on any atom is 0.255 e. The average molecular weight is 335 g/mol. The number of aromatic nitrogens is 4. The minimum atomic E-state index is -0.140. The van der Waals surface area contributed by atoms with Crippen LogP contribution in [0.3, 0.4) is 0 Å². The molecule has 1 heterocycles. The van der Waals surface area contributed by atoms with Gasteiger partial charge in [-0.3, -0.25) is 4.79 Å². The molecular weight excluding hydrogens is 314 g/mol. The molecule has 1 amide bonds. The number of aromatic amines is 1. The van der Waals surface area contributed by atoms with E-state index in [1.807, 2.05) is 12.1 Å². The fourth-order valence-corrected chi connectivity index (χ4v) is 2.59. The predicted molar refractivity (Wildman–Crippen MR) is 97.2 cm³/mol. The van der Waals surface area contributed by atoms with Crippen molar-refractivity contribution in [1.82, 2.24) is 20.6 Å². The number of aryl methyl sites for hydroxylation is 1. The lowest BCUT2D eigenvalue weighted by Gasteiger charge is -2.07. The number of carbonyl (C=O) groups excluding carboxylic acids is 1. The summed E-state index contributed by atoms with van der Waals surface area (Å²) < 4.78 is 0. The summed E-state index contributed by atoms with van der Waals surface area (Å²) in [4.78, 5) is 12.3. The van der Waals surface area contributed by atoms with E-state index in [-0.39, 0.29) is 5.91 Å². The molecule has 0 atom stereocenters. The van der Waals surface area contributed by atoms with Crippen LogP contribution in [0.25, 0.3) is 11.4 Å². The largest absolute Gasteiger partial charge is 0.322 e. The lowest BCUT2D eigenvalue weighted by molar-refractivity contribution is 0.102. The van der Waals surface area contributed by atoms with E-state index in [0.717, 1.165) is 17.7 Å². The number of nitrogens with one attached hydrogen (secondary N) is 2. The van der Waals surface area contributed by atoms with Gasteiger partial charge in [0.15, 0.2) is 0 Å². The molecule has 0 unspecified atom stereocenters. The zero-order chi connectivity index (χ0) is 17.5.